The van der Waals surface area contributed by atoms with E-state index < -0.39 is 10.0 Å². The number of benzene rings is 2. The van der Waals surface area contributed by atoms with Crippen molar-refractivity contribution in [3.8, 4) is 0 Å². The molecular weight excluding hydrogens is 362 g/mol. The molecule has 1 saturated heterocycles. The van der Waals surface area contributed by atoms with Gasteiger partial charge in [-0.2, -0.15) is 0 Å². The molecule has 0 spiro atoms. The molecule has 0 aliphatic carbocycles. The van der Waals surface area contributed by atoms with Crippen LogP contribution in [-0.2, 0) is 10.0 Å². The van der Waals surface area contributed by atoms with Gasteiger partial charge < -0.3 is 9.80 Å². The van der Waals surface area contributed by atoms with Gasteiger partial charge in [0.15, 0.2) is 0 Å². The molecule has 0 radical (unpaired) electrons. The molecule has 1 amide bonds. The number of nitrogens with two attached hydrogens (primary N) is 1. The number of sulfonamides is 1. The third kappa shape index (κ3) is 3.99. The summed E-state index contributed by atoms with van der Waals surface area (Å²) < 4.78 is 23.7. The lowest BCUT2D eigenvalue weighted by Crippen LogP contribution is -2.49. The van der Waals surface area contributed by atoms with Gasteiger partial charge in [-0.05, 0) is 55.7 Å². The standard InChI is InChI=1S/C20H25N3O3S/c1-14-12-16(3)17(13-15(14)2)20(24)23-10-8-22(9-11-23)18-6-4-5-7-19(18)27(21,25)26/h4-7,12-13H,8-11H2,1-3H3,(H2,21,25,26). The molecule has 1 heterocycles. The van der Waals surface area contributed by atoms with Gasteiger partial charge in [0.2, 0.25) is 10.0 Å². The van der Waals surface area contributed by atoms with Gasteiger partial charge in [0.1, 0.15) is 4.90 Å². The van der Waals surface area contributed by atoms with Gasteiger partial charge in [-0.25, -0.2) is 13.6 Å². The van der Waals surface area contributed by atoms with Crippen LogP contribution in [0.5, 0.6) is 0 Å². The number of aryl methyl sites for hydroxylation is 3. The van der Waals surface area contributed by atoms with Gasteiger partial charge in [0.25, 0.3) is 5.91 Å². The highest BCUT2D eigenvalue weighted by Gasteiger charge is 2.26. The van der Waals surface area contributed by atoms with Crippen molar-refractivity contribution in [3.63, 3.8) is 0 Å². The van der Waals surface area contributed by atoms with Crippen LogP contribution in [0.1, 0.15) is 27.0 Å². The first-order valence-electron chi connectivity index (χ1n) is 8.92. The monoisotopic (exact) mass is 387 g/mol. The van der Waals surface area contributed by atoms with Crippen LogP contribution in [0.4, 0.5) is 5.69 Å². The molecule has 1 aliphatic rings. The zero-order valence-electron chi connectivity index (χ0n) is 15.9. The maximum Gasteiger partial charge on any atom is 0.254 e. The summed E-state index contributed by atoms with van der Waals surface area (Å²) in [5, 5.41) is 5.34. The SMILES string of the molecule is Cc1cc(C)c(C(=O)N2CCN(c3ccccc3S(N)(=O)=O)CC2)cc1C. The number of nitrogens with zero attached hydrogens (tertiary/aromatic N) is 2. The van der Waals surface area contributed by atoms with Crippen molar-refractivity contribution in [3.05, 3.63) is 58.7 Å². The fourth-order valence-corrected chi connectivity index (χ4v) is 4.23. The van der Waals surface area contributed by atoms with E-state index in [9.17, 15) is 13.2 Å². The van der Waals surface area contributed by atoms with Crippen molar-refractivity contribution in [2.45, 2.75) is 25.7 Å². The van der Waals surface area contributed by atoms with E-state index in [1.807, 2.05) is 42.7 Å². The summed E-state index contributed by atoms with van der Waals surface area (Å²) in [6.07, 6.45) is 0. The number of amides is 1. The molecule has 0 bridgehead atoms. The molecule has 0 saturated carbocycles. The van der Waals surface area contributed by atoms with Crippen molar-refractivity contribution in [1.29, 1.82) is 0 Å². The average Bonchev–Trinajstić information content (AvgIpc) is 2.63. The van der Waals surface area contributed by atoms with Crippen molar-refractivity contribution < 1.29 is 13.2 Å². The second-order valence-electron chi connectivity index (χ2n) is 7.04. The smallest absolute Gasteiger partial charge is 0.254 e. The van der Waals surface area contributed by atoms with Crippen LogP contribution >= 0.6 is 0 Å². The van der Waals surface area contributed by atoms with Crippen LogP contribution in [0.3, 0.4) is 0 Å². The van der Waals surface area contributed by atoms with Crippen molar-refractivity contribution in [2.24, 2.45) is 5.14 Å². The van der Waals surface area contributed by atoms with Gasteiger partial charge in [0, 0.05) is 31.7 Å². The van der Waals surface area contributed by atoms with Crippen LogP contribution in [0.2, 0.25) is 0 Å². The lowest BCUT2D eigenvalue weighted by atomic mass is 10.00. The molecule has 6 nitrogen and oxygen atoms in total. The Balaban J connectivity index is 1.77. The van der Waals surface area contributed by atoms with Crippen LogP contribution in [0, 0.1) is 20.8 Å². The quantitative estimate of drug-likeness (QED) is 0.875. The van der Waals surface area contributed by atoms with Crippen LogP contribution < -0.4 is 10.0 Å². The van der Waals surface area contributed by atoms with E-state index in [2.05, 4.69) is 0 Å². The van der Waals surface area contributed by atoms with Crippen LogP contribution in [-0.4, -0.2) is 45.4 Å². The molecule has 7 heteroatoms. The second kappa shape index (κ2) is 7.32. The number of piperazine rings is 1. The molecule has 0 unspecified atom stereocenters. The molecule has 2 N–H and O–H groups in total. The number of carbonyl (C=O) groups excluding carboxylic acids is 1. The zero-order chi connectivity index (χ0) is 19.8. The third-order valence-electron chi connectivity index (χ3n) is 5.15. The summed E-state index contributed by atoms with van der Waals surface area (Å²) in [6, 6.07) is 10.7. The topological polar surface area (TPSA) is 83.7 Å². The molecule has 144 valence electrons. The van der Waals surface area contributed by atoms with E-state index in [0.29, 0.717) is 31.9 Å². The minimum atomic E-state index is -3.79. The van der Waals surface area contributed by atoms with E-state index >= 15 is 0 Å². The van der Waals surface area contributed by atoms with Gasteiger partial charge in [-0.3, -0.25) is 4.79 Å². The number of hydrogen-bond donors (Lipinski definition) is 1. The third-order valence-corrected chi connectivity index (χ3v) is 6.11. The Morgan fingerprint density at radius 1 is 0.926 bits per heavy atom. The molecule has 2 aromatic rings. The van der Waals surface area contributed by atoms with E-state index in [-0.39, 0.29) is 10.8 Å². The minimum Gasteiger partial charge on any atom is -0.367 e. The van der Waals surface area contributed by atoms with Gasteiger partial charge in [-0.1, -0.05) is 18.2 Å². The Kier molecular flexibility index (Phi) is 5.26. The van der Waals surface area contributed by atoms with Gasteiger partial charge in [0.05, 0.1) is 5.69 Å². The molecule has 2 aromatic carbocycles. The predicted octanol–water partition coefficient (Wildman–Crippen LogP) is 2.22. The highest BCUT2D eigenvalue weighted by atomic mass is 32.2. The fraction of sp³-hybridized carbons (Fsp3) is 0.350. The maximum atomic E-state index is 12.9. The Bertz CT molecular complexity index is 978. The molecule has 1 aliphatic heterocycles. The largest absolute Gasteiger partial charge is 0.367 e. The maximum absolute atomic E-state index is 12.9. The first kappa shape index (κ1) is 19.4. The summed E-state index contributed by atoms with van der Waals surface area (Å²) >= 11 is 0. The Hall–Kier alpha value is -2.38. The number of hydrogen-bond acceptors (Lipinski definition) is 4. The van der Waals surface area contributed by atoms with E-state index in [1.54, 1.807) is 18.2 Å². The van der Waals surface area contributed by atoms with Gasteiger partial charge >= 0.3 is 0 Å². The molecule has 0 aromatic heterocycles. The summed E-state index contributed by atoms with van der Waals surface area (Å²) in [5.74, 6) is 0.0231. The van der Waals surface area contributed by atoms with Crippen molar-refractivity contribution >= 4 is 21.6 Å². The number of para-hydroxylation sites is 1. The first-order valence-corrected chi connectivity index (χ1v) is 10.5. The molecule has 27 heavy (non-hydrogen) atoms. The Labute approximate surface area is 160 Å². The minimum absolute atomic E-state index is 0.0231. The number of carbonyl (C=O) groups is 1. The molecule has 1 fully saturated rings. The second-order valence-corrected chi connectivity index (χ2v) is 8.57. The van der Waals surface area contributed by atoms with E-state index in [4.69, 9.17) is 5.14 Å². The summed E-state index contributed by atoms with van der Waals surface area (Å²) in [4.78, 5) is 16.9. The predicted molar refractivity (Wildman–Crippen MR) is 107 cm³/mol. The number of anilines is 1. The number of rotatable bonds is 3. The average molecular weight is 388 g/mol. The number of primary sulfonamides is 1. The fourth-order valence-electron chi connectivity index (χ4n) is 3.47. The van der Waals surface area contributed by atoms with E-state index in [0.717, 1.165) is 16.7 Å². The highest BCUT2D eigenvalue weighted by molar-refractivity contribution is 7.89. The summed E-state index contributed by atoms with van der Waals surface area (Å²) in [6.45, 7) is 8.18. The molecular formula is C20H25N3O3S. The molecule has 3 rings (SSSR count). The summed E-state index contributed by atoms with van der Waals surface area (Å²) in [5.41, 5.74) is 4.58. The van der Waals surface area contributed by atoms with Crippen molar-refractivity contribution in [2.75, 3.05) is 31.1 Å². The lowest BCUT2D eigenvalue weighted by Gasteiger charge is -2.37. The molecule has 0 atom stereocenters. The normalized spacial score (nSPS) is 15.1. The van der Waals surface area contributed by atoms with Crippen LogP contribution in [0.25, 0.3) is 0 Å². The van der Waals surface area contributed by atoms with Crippen molar-refractivity contribution in [1.82, 2.24) is 4.90 Å². The summed E-state index contributed by atoms with van der Waals surface area (Å²) in [7, 11) is -3.79. The highest BCUT2D eigenvalue weighted by Crippen LogP contribution is 2.26. The van der Waals surface area contributed by atoms with Crippen LogP contribution in [0.15, 0.2) is 41.3 Å². The Morgan fingerprint density at radius 2 is 1.52 bits per heavy atom. The van der Waals surface area contributed by atoms with E-state index in [1.165, 1.54) is 11.6 Å². The Morgan fingerprint density at radius 3 is 2.15 bits per heavy atom. The first-order chi connectivity index (χ1) is 12.7. The lowest BCUT2D eigenvalue weighted by molar-refractivity contribution is 0.0745. The van der Waals surface area contributed by atoms with Gasteiger partial charge in [-0.15, -0.1) is 0 Å². The zero-order valence-corrected chi connectivity index (χ0v) is 16.7.